The van der Waals surface area contributed by atoms with E-state index >= 15 is 0 Å². The highest BCUT2D eigenvalue weighted by atomic mass is 16.5. The molecular weight excluding hydrogens is 284 g/mol. The van der Waals surface area contributed by atoms with Crippen molar-refractivity contribution in [3.05, 3.63) is 27.7 Å². The topological polar surface area (TPSA) is 63.9 Å². The molecular formula is C16H26N2O4. The average molecular weight is 310 g/mol. The molecule has 2 rings (SSSR count). The maximum Gasteiger partial charge on any atom is 0.223 e. The van der Waals surface area contributed by atoms with Crippen molar-refractivity contribution in [3.63, 3.8) is 0 Å². The summed E-state index contributed by atoms with van der Waals surface area (Å²) in [7, 11) is 1.64. The van der Waals surface area contributed by atoms with E-state index in [4.69, 9.17) is 9.47 Å². The molecule has 1 saturated heterocycles. The summed E-state index contributed by atoms with van der Waals surface area (Å²) in [5, 5.41) is 10.2. The highest BCUT2D eigenvalue weighted by Crippen LogP contribution is 2.20. The van der Waals surface area contributed by atoms with Crippen LogP contribution >= 0.6 is 0 Å². The highest BCUT2D eigenvalue weighted by Gasteiger charge is 2.24. The van der Waals surface area contributed by atoms with Gasteiger partial charge in [-0.05, 0) is 20.8 Å². The van der Waals surface area contributed by atoms with Gasteiger partial charge in [-0.15, -0.1) is 0 Å². The third-order valence-corrected chi connectivity index (χ3v) is 3.99. The molecule has 1 aliphatic rings. The molecule has 0 spiro atoms. The molecule has 1 aliphatic heterocycles. The molecule has 1 fully saturated rings. The van der Waals surface area contributed by atoms with Crippen molar-refractivity contribution in [1.29, 1.82) is 0 Å². The summed E-state index contributed by atoms with van der Waals surface area (Å²) in [6, 6.07) is 1.47. The second-order valence-electron chi connectivity index (χ2n) is 6.04. The van der Waals surface area contributed by atoms with E-state index in [9.17, 15) is 9.90 Å². The van der Waals surface area contributed by atoms with Crippen molar-refractivity contribution in [3.8, 4) is 5.75 Å². The number of methoxy groups -OCH3 is 1. The molecule has 124 valence electrons. The number of aromatic nitrogens is 1. The molecule has 0 aliphatic carbocycles. The Balaban J connectivity index is 2.29. The second-order valence-corrected chi connectivity index (χ2v) is 6.04. The predicted octanol–water partition coefficient (Wildman–Crippen LogP) is 1.12. The number of ether oxygens (including phenoxy) is 2. The van der Waals surface area contributed by atoms with Crippen molar-refractivity contribution >= 4 is 0 Å². The molecule has 0 saturated carbocycles. The van der Waals surface area contributed by atoms with Gasteiger partial charge in [0.2, 0.25) is 5.43 Å². The van der Waals surface area contributed by atoms with E-state index in [0.29, 0.717) is 25.4 Å². The summed E-state index contributed by atoms with van der Waals surface area (Å²) in [6.07, 6.45) is 0.296. The van der Waals surface area contributed by atoms with Crippen LogP contribution in [-0.2, 0) is 22.6 Å². The van der Waals surface area contributed by atoms with Crippen molar-refractivity contribution < 1.29 is 14.6 Å². The van der Waals surface area contributed by atoms with Gasteiger partial charge >= 0.3 is 0 Å². The largest absolute Gasteiger partial charge is 0.503 e. The fraction of sp³-hybridized carbons (Fsp3) is 0.688. The number of hydrogen-bond donors (Lipinski definition) is 1. The zero-order valence-electron chi connectivity index (χ0n) is 13.8. The van der Waals surface area contributed by atoms with Crippen LogP contribution in [0.4, 0.5) is 0 Å². The van der Waals surface area contributed by atoms with Gasteiger partial charge in [-0.2, -0.15) is 0 Å². The van der Waals surface area contributed by atoms with Crippen molar-refractivity contribution in [1.82, 2.24) is 9.47 Å². The number of hydrogen-bond acceptors (Lipinski definition) is 5. The van der Waals surface area contributed by atoms with Gasteiger partial charge in [-0.3, -0.25) is 9.69 Å². The number of nitrogens with zero attached hydrogens (tertiary/aromatic N) is 2. The van der Waals surface area contributed by atoms with Crippen LogP contribution in [0.15, 0.2) is 10.9 Å². The number of aromatic hydroxyl groups is 1. The first kappa shape index (κ1) is 17.0. The Kier molecular flexibility index (Phi) is 5.61. The normalized spacial score (nSPS) is 22.9. The van der Waals surface area contributed by atoms with Crippen LogP contribution in [-0.4, -0.2) is 53.6 Å². The summed E-state index contributed by atoms with van der Waals surface area (Å²) in [5.74, 6) is -0.159. The monoisotopic (exact) mass is 310 g/mol. The van der Waals surface area contributed by atoms with E-state index in [2.05, 4.69) is 4.90 Å². The molecule has 0 bridgehead atoms. The summed E-state index contributed by atoms with van der Waals surface area (Å²) < 4.78 is 12.8. The molecule has 2 unspecified atom stereocenters. The highest BCUT2D eigenvalue weighted by molar-refractivity contribution is 5.30. The fourth-order valence-corrected chi connectivity index (χ4v) is 3.10. The van der Waals surface area contributed by atoms with E-state index in [1.54, 1.807) is 7.11 Å². The Morgan fingerprint density at radius 2 is 2.00 bits per heavy atom. The lowest BCUT2D eigenvalue weighted by Gasteiger charge is -2.36. The van der Waals surface area contributed by atoms with E-state index < -0.39 is 0 Å². The first-order valence-corrected chi connectivity index (χ1v) is 7.71. The maximum absolute atomic E-state index is 11.9. The molecule has 2 heterocycles. The quantitative estimate of drug-likeness (QED) is 0.883. The number of aryl methyl sites for hydroxylation is 1. The summed E-state index contributed by atoms with van der Waals surface area (Å²) in [5.41, 5.74) is 1.17. The minimum absolute atomic E-state index is 0.148. The van der Waals surface area contributed by atoms with Crippen LogP contribution < -0.4 is 5.43 Å². The summed E-state index contributed by atoms with van der Waals surface area (Å²) in [4.78, 5) is 14.1. The van der Waals surface area contributed by atoms with E-state index in [0.717, 1.165) is 18.8 Å². The maximum atomic E-state index is 11.9. The van der Waals surface area contributed by atoms with Crippen LogP contribution in [0, 0.1) is 6.92 Å². The molecule has 0 amide bonds. The van der Waals surface area contributed by atoms with E-state index in [1.165, 1.54) is 6.07 Å². The van der Waals surface area contributed by atoms with Gasteiger partial charge in [0, 0.05) is 45.0 Å². The third kappa shape index (κ3) is 3.88. The number of rotatable bonds is 5. The van der Waals surface area contributed by atoms with Crippen molar-refractivity contribution in [2.75, 3.05) is 26.8 Å². The molecule has 1 aromatic heterocycles. The predicted molar refractivity (Wildman–Crippen MR) is 84.3 cm³/mol. The lowest BCUT2D eigenvalue weighted by molar-refractivity contribution is -0.0712. The van der Waals surface area contributed by atoms with E-state index in [1.807, 2.05) is 25.3 Å². The minimum Gasteiger partial charge on any atom is -0.503 e. The number of pyridine rings is 1. The van der Waals surface area contributed by atoms with Gasteiger partial charge in [0.15, 0.2) is 5.75 Å². The first-order chi connectivity index (χ1) is 10.4. The van der Waals surface area contributed by atoms with Gasteiger partial charge in [0.25, 0.3) is 0 Å². The Hall–Kier alpha value is -1.37. The molecule has 0 aromatic carbocycles. The van der Waals surface area contributed by atoms with Crippen LogP contribution in [0.2, 0.25) is 0 Å². The van der Waals surface area contributed by atoms with Crippen molar-refractivity contribution in [2.24, 2.45) is 0 Å². The Labute approximate surface area is 131 Å². The molecule has 6 nitrogen and oxygen atoms in total. The molecule has 22 heavy (non-hydrogen) atoms. The fourth-order valence-electron chi connectivity index (χ4n) is 3.10. The van der Waals surface area contributed by atoms with Crippen molar-refractivity contribution in [2.45, 2.75) is 46.1 Å². The van der Waals surface area contributed by atoms with Gasteiger partial charge in [-0.25, -0.2) is 0 Å². The molecule has 1 aromatic rings. The Morgan fingerprint density at radius 3 is 2.59 bits per heavy atom. The molecule has 2 atom stereocenters. The molecule has 0 radical (unpaired) electrons. The van der Waals surface area contributed by atoms with Gasteiger partial charge < -0.3 is 19.1 Å². The smallest absolute Gasteiger partial charge is 0.223 e. The van der Waals surface area contributed by atoms with Gasteiger partial charge in [0.05, 0.1) is 24.5 Å². The minimum atomic E-state index is -0.324. The Bertz CT molecular complexity index is 560. The number of morpholine rings is 1. The first-order valence-electron chi connectivity index (χ1n) is 7.71. The molecule has 6 heteroatoms. The summed E-state index contributed by atoms with van der Waals surface area (Å²) >= 11 is 0. The van der Waals surface area contributed by atoms with Crippen LogP contribution in [0.5, 0.6) is 5.75 Å². The van der Waals surface area contributed by atoms with Crippen LogP contribution in [0.25, 0.3) is 0 Å². The second kappa shape index (κ2) is 7.26. The lowest BCUT2D eigenvalue weighted by atomic mass is 10.2. The standard InChI is InChI=1S/C16H26N2O4/c1-11-7-15(19)16(20)14(18(11)5-6-21-4)10-17-8-12(2)22-13(3)9-17/h7,12-13,20H,5-6,8-10H2,1-4H3. The summed E-state index contributed by atoms with van der Waals surface area (Å²) in [6.45, 7) is 9.21. The van der Waals surface area contributed by atoms with Crippen LogP contribution in [0.3, 0.4) is 0 Å². The molecule has 1 N–H and O–H groups in total. The SMILES string of the molecule is COCCn1c(C)cc(=O)c(O)c1CN1CC(C)OC(C)C1. The average Bonchev–Trinajstić information content (AvgIpc) is 2.43. The van der Waals surface area contributed by atoms with E-state index in [-0.39, 0.29) is 23.4 Å². The third-order valence-electron chi connectivity index (χ3n) is 3.99. The Morgan fingerprint density at radius 1 is 1.36 bits per heavy atom. The van der Waals surface area contributed by atoms with Gasteiger partial charge in [0.1, 0.15) is 0 Å². The zero-order chi connectivity index (χ0) is 16.3. The van der Waals surface area contributed by atoms with Gasteiger partial charge in [-0.1, -0.05) is 0 Å². The zero-order valence-corrected chi connectivity index (χ0v) is 13.8. The lowest BCUT2D eigenvalue weighted by Crippen LogP contribution is -2.45. The van der Waals surface area contributed by atoms with Crippen LogP contribution in [0.1, 0.15) is 25.2 Å².